The Morgan fingerprint density at radius 2 is 2.12 bits per heavy atom. The zero-order valence-electron chi connectivity index (χ0n) is 15.8. The van der Waals surface area contributed by atoms with Crippen LogP contribution in [0.25, 0.3) is 0 Å². The summed E-state index contributed by atoms with van der Waals surface area (Å²) in [7, 11) is 0. The number of ether oxygens (including phenoxy) is 1. The van der Waals surface area contributed by atoms with Gasteiger partial charge in [-0.15, -0.1) is 0 Å². The number of esters is 1. The Kier molecular flexibility index (Phi) is 2.30. The molecule has 3 heterocycles. The fourth-order valence-electron chi connectivity index (χ4n) is 10.8. The second kappa shape index (κ2) is 3.96. The van der Waals surface area contributed by atoms with Crippen molar-refractivity contribution in [3.05, 3.63) is 12.2 Å². The van der Waals surface area contributed by atoms with Crippen LogP contribution in [0.5, 0.6) is 0 Å². The number of hydrogen-bond acceptors (Lipinski definition) is 4. The lowest BCUT2D eigenvalue weighted by Gasteiger charge is -2.66. The van der Waals surface area contributed by atoms with Gasteiger partial charge >= 0.3 is 5.97 Å². The van der Waals surface area contributed by atoms with Crippen LogP contribution in [0.2, 0.25) is 0 Å². The zero-order chi connectivity index (χ0) is 17.8. The Bertz CT molecular complexity index is 779. The molecule has 26 heavy (non-hydrogen) atoms. The number of aliphatic hydroxyl groups excluding tert-OH is 1. The van der Waals surface area contributed by atoms with Crippen molar-refractivity contribution >= 4 is 5.97 Å². The Morgan fingerprint density at radius 3 is 2.88 bits per heavy atom. The molecule has 6 aliphatic carbocycles. The predicted molar refractivity (Wildman–Crippen MR) is 95.0 cm³/mol. The second-order valence-electron chi connectivity index (χ2n) is 11.1. The molecule has 3 aliphatic heterocycles. The summed E-state index contributed by atoms with van der Waals surface area (Å²) in [6, 6.07) is 1.26. The average molecular weight is 355 g/mol. The minimum atomic E-state index is -0.278. The maximum absolute atomic E-state index is 12.0. The molecule has 3 saturated heterocycles. The molecule has 140 valence electrons. The number of fused-ring (bicyclic) bond motifs is 1. The molecule has 0 radical (unpaired) electrons. The molecular weight excluding hydrogens is 326 g/mol. The fraction of sp³-hybridized carbons (Fsp3) is 0.864. The number of rotatable bonds is 1. The third-order valence-electron chi connectivity index (χ3n) is 10.6. The largest absolute Gasteiger partial charge is 0.457 e. The number of piperidine rings is 2. The summed E-state index contributed by atoms with van der Waals surface area (Å²) < 4.78 is 5.99. The fourth-order valence-corrected chi connectivity index (χ4v) is 10.8. The summed E-state index contributed by atoms with van der Waals surface area (Å²) in [5.41, 5.74) is 1.68. The molecule has 9 fully saturated rings. The summed E-state index contributed by atoms with van der Waals surface area (Å²) in [6.07, 6.45) is 5.67. The Morgan fingerprint density at radius 1 is 1.31 bits per heavy atom. The van der Waals surface area contributed by atoms with E-state index < -0.39 is 0 Å². The third kappa shape index (κ3) is 1.15. The molecule has 2 unspecified atom stereocenters. The van der Waals surface area contributed by atoms with E-state index in [2.05, 4.69) is 18.4 Å². The molecular formula is C22H29NO3. The highest BCUT2D eigenvalue weighted by molar-refractivity contribution is 5.67. The van der Waals surface area contributed by atoms with Crippen molar-refractivity contribution in [3.8, 4) is 0 Å². The first-order chi connectivity index (χ1) is 12.4. The topological polar surface area (TPSA) is 49.8 Å². The number of nitrogens with zero attached hydrogens (tertiary/aromatic N) is 1. The second-order valence-corrected chi connectivity index (χ2v) is 11.1. The van der Waals surface area contributed by atoms with Gasteiger partial charge in [-0.05, 0) is 53.9 Å². The van der Waals surface area contributed by atoms with Crippen LogP contribution in [0.1, 0.15) is 46.0 Å². The van der Waals surface area contributed by atoms with Crippen LogP contribution in [0.3, 0.4) is 0 Å². The molecule has 9 rings (SSSR count). The average Bonchev–Trinajstić information content (AvgIpc) is 2.99. The summed E-state index contributed by atoms with van der Waals surface area (Å²) in [5.74, 6) is 1.58. The lowest BCUT2D eigenvalue weighted by molar-refractivity contribution is -0.223. The molecule has 4 nitrogen and oxygen atoms in total. The Labute approximate surface area is 155 Å². The molecule has 6 saturated carbocycles. The Hall–Kier alpha value is -0.870. The lowest BCUT2D eigenvalue weighted by atomic mass is 9.39. The molecule has 0 aromatic heterocycles. The van der Waals surface area contributed by atoms with E-state index in [1.807, 2.05) is 0 Å². The van der Waals surface area contributed by atoms with Gasteiger partial charge in [0.25, 0.3) is 0 Å². The van der Waals surface area contributed by atoms with Crippen molar-refractivity contribution in [1.82, 2.24) is 4.90 Å². The van der Waals surface area contributed by atoms with Crippen LogP contribution in [0, 0.1) is 39.9 Å². The SMILES string of the molecule is C=C1[C@H]2C[C@@H]3C4N5C[C@]6(C)CCC[C@@]47[C@@H]6[C@@H]5C[C@]3([C@@H]1OC(C)=O)[C@H]7[C@H]2O. The van der Waals surface area contributed by atoms with Crippen LogP contribution < -0.4 is 0 Å². The first-order valence-corrected chi connectivity index (χ1v) is 10.7. The molecule has 0 aromatic carbocycles. The van der Waals surface area contributed by atoms with Crippen molar-refractivity contribution in [2.24, 2.45) is 39.9 Å². The van der Waals surface area contributed by atoms with E-state index in [0.717, 1.165) is 24.3 Å². The summed E-state index contributed by atoms with van der Waals surface area (Å²) >= 11 is 0. The lowest BCUT2D eigenvalue weighted by Crippen LogP contribution is -2.69. The quantitative estimate of drug-likeness (QED) is 0.579. The minimum absolute atomic E-state index is 0.0398. The van der Waals surface area contributed by atoms with Gasteiger partial charge in [0, 0.05) is 42.8 Å². The highest BCUT2D eigenvalue weighted by atomic mass is 16.5. The normalized spacial score (nSPS) is 68.0. The number of hydrogen-bond donors (Lipinski definition) is 1. The van der Waals surface area contributed by atoms with Crippen molar-refractivity contribution in [1.29, 1.82) is 0 Å². The van der Waals surface area contributed by atoms with E-state index in [1.165, 1.54) is 32.7 Å². The van der Waals surface area contributed by atoms with E-state index in [1.54, 1.807) is 0 Å². The van der Waals surface area contributed by atoms with Gasteiger partial charge < -0.3 is 9.84 Å². The molecule has 12 atom stereocenters. The van der Waals surface area contributed by atoms with Crippen LogP contribution in [0.15, 0.2) is 12.2 Å². The minimum Gasteiger partial charge on any atom is -0.457 e. The summed E-state index contributed by atoms with van der Waals surface area (Å²) in [5, 5.41) is 11.5. The zero-order valence-corrected chi connectivity index (χ0v) is 15.8. The third-order valence-corrected chi connectivity index (χ3v) is 10.6. The van der Waals surface area contributed by atoms with Gasteiger partial charge in [0.15, 0.2) is 0 Å². The maximum atomic E-state index is 12.0. The van der Waals surface area contributed by atoms with Crippen molar-refractivity contribution in [3.63, 3.8) is 0 Å². The number of carbonyl (C=O) groups excluding carboxylic acids is 1. The predicted octanol–water partition coefficient (Wildman–Crippen LogP) is 2.36. The first-order valence-electron chi connectivity index (χ1n) is 10.7. The van der Waals surface area contributed by atoms with Gasteiger partial charge in [0.2, 0.25) is 0 Å². The van der Waals surface area contributed by atoms with Gasteiger partial charge in [-0.1, -0.05) is 19.9 Å². The number of aliphatic hydroxyl groups is 1. The van der Waals surface area contributed by atoms with Crippen LogP contribution in [-0.4, -0.2) is 46.8 Å². The molecule has 0 aromatic rings. The van der Waals surface area contributed by atoms with Crippen LogP contribution in [0.4, 0.5) is 0 Å². The molecule has 9 bridgehead atoms. The van der Waals surface area contributed by atoms with Crippen LogP contribution in [-0.2, 0) is 9.53 Å². The molecule has 1 N–H and O–H groups in total. The first kappa shape index (κ1) is 15.1. The number of carbonyl (C=O) groups is 1. The molecule has 4 heteroatoms. The van der Waals surface area contributed by atoms with E-state index in [0.29, 0.717) is 29.3 Å². The Balaban J connectivity index is 1.48. The maximum Gasteiger partial charge on any atom is 0.303 e. The van der Waals surface area contributed by atoms with Gasteiger partial charge in [0.1, 0.15) is 6.10 Å². The van der Waals surface area contributed by atoms with Crippen molar-refractivity contribution < 1.29 is 14.6 Å². The van der Waals surface area contributed by atoms with Crippen molar-refractivity contribution in [2.45, 2.75) is 70.2 Å². The van der Waals surface area contributed by atoms with Gasteiger partial charge in [-0.3, -0.25) is 9.69 Å². The summed E-state index contributed by atoms with van der Waals surface area (Å²) in [4.78, 5) is 14.8. The molecule has 0 amide bonds. The molecule has 9 aliphatic rings. The van der Waals surface area contributed by atoms with E-state index in [-0.39, 0.29) is 34.9 Å². The van der Waals surface area contributed by atoms with Crippen LogP contribution >= 0.6 is 0 Å². The molecule has 2 spiro atoms. The highest BCUT2D eigenvalue weighted by Crippen LogP contribution is 2.87. The van der Waals surface area contributed by atoms with Gasteiger partial charge in [0.05, 0.1) is 6.10 Å². The summed E-state index contributed by atoms with van der Waals surface area (Å²) in [6.45, 7) is 9.67. The van der Waals surface area contributed by atoms with E-state index >= 15 is 0 Å². The van der Waals surface area contributed by atoms with Gasteiger partial charge in [-0.25, -0.2) is 0 Å². The standard InChI is InChI=1S/C22H29NO3/c1-10-12-7-13-18-21-6-4-5-20(3)9-23(18)14(16(20)21)8-22(13,17(21)15(12)25)19(10)26-11(2)24/h12-19,25H,1,4-9H2,2-3H3/t12-,13-,14+,15+,16-,17+,18?,19-,20+,21+,22-/m1/s1. The smallest absolute Gasteiger partial charge is 0.303 e. The van der Waals surface area contributed by atoms with E-state index in [9.17, 15) is 9.90 Å². The highest BCUT2D eigenvalue weighted by Gasteiger charge is 2.90. The van der Waals surface area contributed by atoms with E-state index in [4.69, 9.17) is 4.74 Å². The van der Waals surface area contributed by atoms with Gasteiger partial charge in [-0.2, -0.15) is 0 Å². The monoisotopic (exact) mass is 355 g/mol. The van der Waals surface area contributed by atoms with Crippen molar-refractivity contribution in [2.75, 3.05) is 6.54 Å².